The van der Waals surface area contributed by atoms with Crippen LogP contribution in [0.3, 0.4) is 0 Å². The van der Waals surface area contributed by atoms with E-state index in [4.69, 9.17) is 15.2 Å². The number of benzene rings is 1. The lowest BCUT2D eigenvalue weighted by Gasteiger charge is -2.28. The van der Waals surface area contributed by atoms with Crippen molar-refractivity contribution in [3.05, 3.63) is 35.4 Å². The van der Waals surface area contributed by atoms with Gasteiger partial charge in [0, 0.05) is 7.11 Å². The van der Waals surface area contributed by atoms with E-state index in [0.29, 0.717) is 25.4 Å². The van der Waals surface area contributed by atoms with E-state index in [9.17, 15) is 0 Å². The van der Waals surface area contributed by atoms with E-state index in [1.807, 2.05) is 0 Å². The van der Waals surface area contributed by atoms with Crippen molar-refractivity contribution < 1.29 is 9.47 Å². The molecule has 1 fully saturated rings. The maximum absolute atomic E-state index is 6.00. The minimum absolute atomic E-state index is 0.349. The molecule has 3 nitrogen and oxygen atoms in total. The summed E-state index contributed by atoms with van der Waals surface area (Å²) >= 11 is 0. The van der Waals surface area contributed by atoms with Gasteiger partial charge in [0.15, 0.2) is 0 Å². The van der Waals surface area contributed by atoms with Crippen molar-refractivity contribution in [3.8, 4) is 0 Å². The Balaban J connectivity index is 1.78. The third-order valence-corrected chi connectivity index (χ3v) is 3.85. The fraction of sp³-hybridized carbons (Fsp3) is 0.625. The van der Waals surface area contributed by atoms with E-state index in [-0.39, 0.29) is 0 Å². The van der Waals surface area contributed by atoms with Crippen LogP contribution in [-0.2, 0) is 22.5 Å². The van der Waals surface area contributed by atoms with Crippen molar-refractivity contribution in [1.29, 1.82) is 0 Å². The summed E-state index contributed by atoms with van der Waals surface area (Å²) in [5.41, 5.74) is 8.08. The van der Waals surface area contributed by atoms with Gasteiger partial charge in [-0.3, -0.25) is 0 Å². The van der Waals surface area contributed by atoms with Gasteiger partial charge in [0.05, 0.1) is 18.8 Å². The SMILES string of the molecule is COC1CCCC(OCc2ccc(CCN)cc2)C1. The molecule has 0 bridgehead atoms. The predicted molar refractivity (Wildman–Crippen MR) is 77.0 cm³/mol. The molecule has 0 spiro atoms. The van der Waals surface area contributed by atoms with Crippen LogP contribution >= 0.6 is 0 Å². The lowest BCUT2D eigenvalue weighted by atomic mass is 9.95. The minimum Gasteiger partial charge on any atom is -0.381 e. The fourth-order valence-electron chi connectivity index (χ4n) is 2.65. The molecule has 1 aromatic rings. The number of nitrogens with two attached hydrogens (primary N) is 1. The highest BCUT2D eigenvalue weighted by molar-refractivity contribution is 5.22. The first-order chi connectivity index (χ1) is 9.31. The third-order valence-electron chi connectivity index (χ3n) is 3.85. The zero-order chi connectivity index (χ0) is 13.5. The number of rotatable bonds is 6. The molecule has 1 aromatic carbocycles. The Bertz CT molecular complexity index is 364. The first kappa shape index (κ1) is 14.5. The van der Waals surface area contributed by atoms with Crippen molar-refractivity contribution in [2.45, 2.75) is 50.9 Å². The van der Waals surface area contributed by atoms with Crippen LogP contribution in [0, 0.1) is 0 Å². The summed E-state index contributed by atoms with van der Waals surface area (Å²) < 4.78 is 11.4. The number of ether oxygens (including phenoxy) is 2. The lowest BCUT2D eigenvalue weighted by molar-refractivity contribution is -0.0363. The number of hydrogen-bond acceptors (Lipinski definition) is 3. The first-order valence-corrected chi connectivity index (χ1v) is 7.24. The van der Waals surface area contributed by atoms with E-state index < -0.39 is 0 Å². The van der Waals surface area contributed by atoms with Gasteiger partial charge in [-0.05, 0) is 49.8 Å². The standard InChI is InChI=1S/C16H25NO2/c1-18-15-3-2-4-16(11-15)19-12-14-7-5-13(6-8-14)9-10-17/h5-8,15-16H,2-4,9-12,17H2,1H3. The second kappa shape index (κ2) is 7.63. The molecule has 2 unspecified atom stereocenters. The minimum atomic E-state index is 0.349. The highest BCUT2D eigenvalue weighted by Gasteiger charge is 2.21. The maximum Gasteiger partial charge on any atom is 0.0720 e. The van der Waals surface area contributed by atoms with Gasteiger partial charge in [0.2, 0.25) is 0 Å². The van der Waals surface area contributed by atoms with Gasteiger partial charge in [0.25, 0.3) is 0 Å². The van der Waals surface area contributed by atoms with Crippen molar-refractivity contribution in [2.75, 3.05) is 13.7 Å². The highest BCUT2D eigenvalue weighted by atomic mass is 16.5. The summed E-state index contributed by atoms with van der Waals surface area (Å²) in [6.07, 6.45) is 6.24. The lowest BCUT2D eigenvalue weighted by Crippen LogP contribution is -2.27. The summed E-state index contributed by atoms with van der Waals surface area (Å²) in [7, 11) is 1.79. The molecule has 2 rings (SSSR count). The highest BCUT2D eigenvalue weighted by Crippen LogP contribution is 2.23. The van der Waals surface area contributed by atoms with E-state index in [0.717, 1.165) is 19.3 Å². The normalized spacial score (nSPS) is 23.5. The largest absolute Gasteiger partial charge is 0.381 e. The van der Waals surface area contributed by atoms with Crippen LogP contribution in [0.5, 0.6) is 0 Å². The molecule has 3 heteroatoms. The van der Waals surface area contributed by atoms with Gasteiger partial charge in [-0.2, -0.15) is 0 Å². The van der Waals surface area contributed by atoms with E-state index in [1.165, 1.54) is 24.0 Å². The molecule has 0 amide bonds. The van der Waals surface area contributed by atoms with E-state index in [1.54, 1.807) is 7.11 Å². The van der Waals surface area contributed by atoms with E-state index in [2.05, 4.69) is 24.3 Å². The third kappa shape index (κ3) is 4.60. The fourth-order valence-corrected chi connectivity index (χ4v) is 2.65. The molecular weight excluding hydrogens is 238 g/mol. The average molecular weight is 263 g/mol. The zero-order valence-electron chi connectivity index (χ0n) is 11.8. The Morgan fingerprint density at radius 1 is 1.11 bits per heavy atom. The zero-order valence-corrected chi connectivity index (χ0v) is 11.8. The number of methoxy groups -OCH3 is 1. The molecule has 0 aliphatic heterocycles. The Kier molecular flexibility index (Phi) is 5.83. The summed E-state index contributed by atoms with van der Waals surface area (Å²) in [4.78, 5) is 0. The summed E-state index contributed by atoms with van der Waals surface area (Å²) in [5.74, 6) is 0. The van der Waals surface area contributed by atoms with Gasteiger partial charge in [-0.1, -0.05) is 24.3 Å². The topological polar surface area (TPSA) is 44.5 Å². The molecule has 19 heavy (non-hydrogen) atoms. The van der Waals surface area contributed by atoms with Crippen LogP contribution in [0.2, 0.25) is 0 Å². The quantitative estimate of drug-likeness (QED) is 0.858. The van der Waals surface area contributed by atoms with Crippen LogP contribution in [-0.4, -0.2) is 25.9 Å². The number of hydrogen-bond donors (Lipinski definition) is 1. The monoisotopic (exact) mass is 263 g/mol. The van der Waals surface area contributed by atoms with Crippen LogP contribution in [0.1, 0.15) is 36.8 Å². The molecular formula is C16H25NO2. The Hall–Kier alpha value is -0.900. The average Bonchev–Trinajstić information content (AvgIpc) is 2.47. The molecule has 0 saturated heterocycles. The predicted octanol–water partition coefficient (Wildman–Crippen LogP) is 2.66. The molecule has 1 aliphatic rings. The molecule has 2 atom stereocenters. The molecule has 106 valence electrons. The Labute approximate surface area is 116 Å². The van der Waals surface area contributed by atoms with Crippen molar-refractivity contribution in [2.24, 2.45) is 5.73 Å². The van der Waals surface area contributed by atoms with Gasteiger partial charge < -0.3 is 15.2 Å². The molecule has 1 aliphatic carbocycles. The molecule has 0 aromatic heterocycles. The van der Waals surface area contributed by atoms with Gasteiger partial charge in [0.1, 0.15) is 0 Å². The second-order valence-corrected chi connectivity index (χ2v) is 5.31. The molecule has 0 radical (unpaired) electrons. The molecule has 2 N–H and O–H groups in total. The smallest absolute Gasteiger partial charge is 0.0720 e. The Morgan fingerprint density at radius 2 is 1.79 bits per heavy atom. The Morgan fingerprint density at radius 3 is 2.47 bits per heavy atom. The summed E-state index contributed by atoms with van der Waals surface area (Å²) in [6, 6.07) is 8.57. The maximum atomic E-state index is 6.00. The van der Waals surface area contributed by atoms with E-state index >= 15 is 0 Å². The van der Waals surface area contributed by atoms with Gasteiger partial charge in [-0.15, -0.1) is 0 Å². The van der Waals surface area contributed by atoms with Crippen LogP contribution in [0.4, 0.5) is 0 Å². The van der Waals surface area contributed by atoms with Crippen LogP contribution in [0.25, 0.3) is 0 Å². The van der Waals surface area contributed by atoms with Crippen molar-refractivity contribution in [3.63, 3.8) is 0 Å². The second-order valence-electron chi connectivity index (χ2n) is 5.31. The van der Waals surface area contributed by atoms with Gasteiger partial charge >= 0.3 is 0 Å². The van der Waals surface area contributed by atoms with Gasteiger partial charge in [-0.25, -0.2) is 0 Å². The first-order valence-electron chi connectivity index (χ1n) is 7.24. The molecule has 1 saturated carbocycles. The molecule has 0 heterocycles. The van der Waals surface area contributed by atoms with Crippen molar-refractivity contribution in [1.82, 2.24) is 0 Å². The summed E-state index contributed by atoms with van der Waals surface area (Å²) in [6.45, 7) is 1.40. The van der Waals surface area contributed by atoms with Crippen LogP contribution in [0.15, 0.2) is 24.3 Å². The van der Waals surface area contributed by atoms with Crippen LogP contribution < -0.4 is 5.73 Å². The summed E-state index contributed by atoms with van der Waals surface area (Å²) in [5, 5.41) is 0. The van der Waals surface area contributed by atoms with Crippen molar-refractivity contribution >= 4 is 0 Å².